The van der Waals surface area contributed by atoms with E-state index in [1.807, 2.05) is 0 Å². The van der Waals surface area contributed by atoms with E-state index >= 15 is 0 Å². The Hall–Kier alpha value is -2.65. The molecular weight excluding hydrogens is 432 g/mol. The fourth-order valence-electron chi connectivity index (χ4n) is 6.61. The van der Waals surface area contributed by atoms with Crippen LogP contribution in [-0.2, 0) is 4.79 Å². The van der Waals surface area contributed by atoms with Crippen molar-refractivity contribution in [3.05, 3.63) is 83.9 Å². The summed E-state index contributed by atoms with van der Waals surface area (Å²) in [6.07, 6.45) is 11.5. The van der Waals surface area contributed by atoms with Gasteiger partial charge in [0.15, 0.2) is 0 Å². The molecule has 0 bridgehead atoms. The predicted octanol–water partition coefficient (Wildman–Crippen LogP) is 7.91. The highest BCUT2D eigenvalue weighted by Gasteiger charge is 2.56. The smallest absolute Gasteiger partial charge is 0.303 e. The second kappa shape index (κ2) is 11.9. The predicted molar refractivity (Wildman–Crippen MR) is 144 cm³/mol. The Labute approximate surface area is 210 Å². The number of benzene rings is 2. The van der Waals surface area contributed by atoms with Gasteiger partial charge in [-0.1, -0.05) is 105 Å². The molecule has 3 nitrogen and oxygen atoms in total. The first kappa shape index (κ1) is 25.4. The third-order valence-corrected chi connectivity index (χ3v) is 8.29. The number of hydrogen-bond acceptors (Lipinski definition) is 2. The number of rotatable bonds is 13. The van der Waals surface area contributed by atoms with Crippen LogP contribution >= 0.6 is 0 Å². The average Bonchev–Trinajstić information content (AvgIpc) is 3.38. The fourth-order valence-corrected chi connectivity index (χ4v) is 6.61. The van der Waals surface area contributed by atoms with Crippen molar-refractivity contribution < 1.29 is 15.0 Å². The lowest BCUT2D eigenvalue weighted by Crippen LogP contribution is -2.29. The third kappa shape index (κ3) is 5.62. The quantitative estimate of drug-likeness (QED) is 0.291. The van der Waals surface area contributed by atoms with E-state index in [0.29, 0.717) is 6.42 Å². The fraction of sp³-hybridized carbons (Fsp3) is 0.469. The van der Waals surface area contributed by atoms with Gasteiger partial charge in [-0.3, -0.25) is 4.79 Å². The molecule has 2 N–H and O–H groups in total. The van der Waals surface area contributed by atoms with Gasteiger partial charge in [0.05, 0.1) is 6.10 Å². The first-order chi connectivity index (χ1) is 17.0. The minimum atomic E-state index is -0.688. The van der Waals surface area contributed by atoms with Crippen LogP contribution in [0.4, 0.5) is 0 Å². The first-order valence-corrected chi connectivity index (χ1v) is 13.5. The van der Waals surface area contributed by atoms with E-state index in [0.717, 1.165) is 56.9 Å². The molecule has 2 aromatic carbocycles. The molecule has 35 heavy (non-hydrogen) atoms. The average molecular weight is 473 g/mol. The van der Waals surface area contributed by atoms with Crippen molar-refractivity contribution in [2.45, 2.75) is 83.2 Å². The Kier molecular flexibility index (Phi) is 8.62. The molecule has 0 amide bonds. The summed E-state index contributed by atoms with van der Waals surface area (Å²) in [6, 6.07) is 21.3. The molecule has 1 unspecified atom stereocenters. The molecule has 0 aromatic heterocycles. The molecule has 2 aliphatic carbocycles. The van der Waals surface area contributed by atoms with Crippen LogP contribution in [0.2, 0.25) is 0 Å². The lowest BCUT2D eigenvalue weighted by atomic mass is 9.66. The molecular formula is C32H40O3. The van der Waals surface area contributed by atoms with E-state index in [-0.39, 0.29) is 17.4 Å². The van der Waals surface area contributed by atoms with Crippen molar-refractivity contribution in [2.75, 3.05) is 0 Å². The minimum absolute atomic E-state index is 0.193. The Morgan fingerprint density at radius 3 is 2.14 bits per heavy atom. The van der Waals surface area contributed by atoms with Crippen LogP contribution in [0.1, 0.15) is 88.2 Å². The van der Waals surface area contributed by atoms with Crippen LogP contribution < -0.4 is 0 Å². The summed E-state index contributed by atoms with van der Waals surface area (Å²) >= 11 is 0. The standard InChI is InChI=1S/C32H40O3/c1-24(25-15-10-7-11-16-25)32-22-21-29(33)28(32)23-27(31(32)26-17-12-8-13-18-26)19-9-5-3-2-4-6-14-20-30(34)35/h7-8,10-13,15-18,28-29,33H,1-6,9,14,19-23H2,(H,34,35)/t28?,29-,32+/m1/s1. The number of unbranched alkanes of at least 4 members (excludes halogenated alkanes) is 6. The molecule has 2 aliphatic rings. The Bertz CT molecular complexity index is 1020. The molecule has 186 valence electrons. The van der Waals surface area contributed by atoms with Crippen LogP contribution in [-0.4, -0.2) is 22.3 Å². The normalized spacial score (nSPS) is 23.5. The molecule has 0 spiro atoms. The van der Waals surface area contributed by atoms with Crippen LogP contribution in [0.25, 0.3) is 11.1 Å². The van der Waals surface area contributed by atoms with E-state index in [4.69, 9.17) is 5.11 Å². The Balaban J connectivity index is 1.50. The van der Waals surface area contributed by atoms with Crippen molar-refractivity contribution in [3.8, 4) is 0 Å². The van der Waals surface area contributed by atoms with Gasteiger partial charge in [0.25, 0.3) is 0 Å². The summed E-state index contributed by atoms with van der Waals surface area (Å²) in [4.78, 5) is 10.6. The monoisotopic (exact) mass is 472 g/mol. The Morgan fingerprint density at radius 2 is 1.49 bits per heavy atom. The molecule has 4 rings (SSSR count). The highest BCUT2D eigenvalue weighted by Crippen LogP contribution is 2.66. The number of hydrogen-bond donors (Lipinski definition) is 2. The summed E-state index contributed by atoms with van der Waals surface area (Å²) in [7, 11) is 0. The lowest BCUT2D eigenvalue weighted by molar-refractivity contribution is -0.137. The van der Waals surface area contributed by atoms with Gasteiger partial charge in [-0.25, -0.2) is 0 Å². The van der Waals surface area contributed by atoms with Crippen molar-refractivity contribution in [1.29, 1.82) is 0 Å². The maximum Gasteiger partial charge on any atom is 0.303 e. The molecule has 1 saturated carbocycles. The SMILES string of the molecule is C=C(c1ccccc1)[C@@]12CC[C@@H](O)C1CC(CCCCCCCCCC(=O)O)=C2c1ccccc1. The van der Waals surface area contributed by atoms with Crippen molar-refractivity contribution >= 4 is 17.1 Å². The van der Waals surface area contributed by atoms with E-state index in [9.17, 15) is 9.90 Å². The largest absolute Gasteiger partial charge is 0.481 e. The zero-order valence-corrected chi connectivity index (χ0v) is 20.9. The third-order valence-electron chi connectivity index (χ3n) is 8.29. The van der Waals surface area contributed by atoms with Gasteiger partial charge in [0.1, 0.15) is 0 Å². The first-order valence-electron chi connectivity index (χ1n) is 13.5. The second-order valence-corrected chi connectivity index (χ2v) is 10.4. The van der Waals surface area contributed by atoms with Gasteiger partial charge < -0.3 is 10.2 Å². The summed E-state index contributed by atoms with van der Waals surface area (Å²) in [5.74, 6) is -0.485. The van der Waals surface area contributed by atoms with Crippen LogP contribution in [0.3, 0.4) is 0 Å². The number of aliphatic hydroxyl groups excluding tert-OH is 1. The van der Waals surface area contributed by atoms with Crippen LogP contribution in [0.5, 0.6) is 0 Å². The zero-order valence-electron chi connectivity index (χ0n) is 20.9. The minimum Gasteiger partial charge on any atom is -0.481 e. The second-order valence-electron chi connectivity index (χ2n) is 10.4. The van der Waals surface area contributed by atoms with Gasteiger partial charge in [-0.2, -0.15) is 0 Å². The number of carbonyl (C=O) groups is 1. The summed E-state index contributed by atoms with van der Waals surface area (Å²) < 4.78 is 0. The van der Waals surface area contributed by atoms with Gasteiger partial charge >= 0.3 is 5.97 Å². The van der Waals surface area contributed by atoms with Crippen molar-refractivity contribution in [3.63, 3.8) is 0 Å². The molecule has 1 fully saturated rings. The molecule has 3 heteroatoms. The van der Waals surface area contributed by atoms with E-state index in [1.165, 1.54) is 41.5 Å². The number of carboxylic acids is 1. The zero-order chi connectivity index (χ0) is 24.7. The molecule has 0 heterocycles. The number of fused-ring (bicyclic) bond motifs is 1. The van der Waals surface area contributed by atoms with Gasteiger partial charge in [-0.05, 0) is 60.8 Å². The topological polar surface area (TPSA) is 57.5 Å². The van der Waals surface area contributed by atoms with Crippen molar-refractivity contribution in [2.24, 2.45) is 11.3 Å². The van der Waals surface area contributed by atoms with E-state index in [2.05, 4.69) is 67.2 Å². The molecule has 0 saturated heterocycles. The van der Waals surface area contributed by atoms with E-state index in [1.54, 1.807) is 0 Å². The summed E-state index contributed by atoms with van der Waals surface area (Å²) in [6.45, 7) is 4.66. The molecule has 0 radical (unpaired) electrons. The van der Waals surface area contributed by atoms with Crippen LogP contribution in [0, 0.1) is 11.3 Å². The van der Waals surface area contributed by atoms with Gasteiger partial charge in [0, 0.05) is 17.8 Å². The number of carboxylic acid groups (broad SMARTS) is 1. The van der Waals surface area contributed by atoms with Crippen molar-refractivity contribution in [1.82, 2.24) is 0 Å². The summed E-state index contributed by atoms with van der Waals surface area (Å²) in [5.41, 5.74) is 6.39. The number of allylic oxidation sites excluding steroid dienone is 3. The molecule has 0 aliphatic heterocycles. The number of aliphatic carboxylic acids is 1. The molecule has 2 aromatic rings. The highest BCUT2D eigenvalue weighted by atomic mass is 16.4. The van der Waals surface area contributed by atoms with Gasteiger partial charge in [0.2, 0.25) is 0 Å². The number of aliphatic hydroxyl groups is 1. The van der Waals surface area contributed by atoms with E-state index < -0.39 is 5.97 Å². The van der Waals surface area contributed by atoms with Crippen LogP contribution in [0.15, 0.2) is 72.8 Å². The molecule has 3 atom stereocenters. The maximum atomic E-state index is 11.1. The van der Waals surface area contributed by atoms with Gasteiger partial charge in [-0.15, -0.1) is 0 Å². The maximum absolute atomic E-state index is 11.1. The lowest BCUT2D eigenvalue weighted by Gasteiger charge is -2.37. The Morgan fingerprint density at radius 1 is 0.886 bits per heavy atom. The highest BCUT2D eigenvalue weighted by molar-refractivity contribution is 5.90. The summed E-state index contributed by atoms with van der Waals surface area (Å²) in [5, 5.41) is 19.8.